The van der Waals surface area contributed by atoms with Crippen molar-refractivity contribution >= 4 is 5.78 Å². The Hall–Kier alpha value is -0.890. The molecule has 0 aliphatic heterocycles. The second-order valence-corrected chi connectivity index (χ2v) is 3.67. The van der Waals surface area contributed by atoms with Crippen LogP contribution < -0.4 is 0 Å². The molecule has 1 aliphatic rings. The van der Waals surface area contributed by atoms with Gasteiger partial charge < -0.3 is 5.11 Å². The highest BCUT2D eigenvalue weighted by molar-refractivity contribution is 5.78. The van der Waals surface area contributed by atoms with E-state index in [0.717, 1.165) is 0 Å². The van der Waals surface area contributed by atoms with Crippen molar-refractivity contribution in [1.29, 1.82) is 0 Å². The van der Waals surface area contributed by atoms with Crippen LogP contribution in [0.3, 0.4) is 0 Å². The van der Waals surface area contributed by atoms with E-state index in [9.17, 15) is 9.90 Å². The molecular formula is C11H16O2. The fourth-order valence-electron chi connectivity index (χ4n) is 1.43. The van der Waals surface area contributed by atoms with Gasteiger partial charge in [-0.1, -0.05) is 31.2 Å². The Morgan fingerprint density at radius 2 is 2.23 bits per heavy atom. The zero-order valence-corrected chi connectivity index (χ0v) is 8.16. The molecule has 1 rings (SSSR count). The first-order valence-electron chi connectivity index (χ1n) is 4.66. The summed E-state index contributed by atoms with van der Waals surface area (Å²) in [4.78, 5) is 11.2. The number of carbonyl (C=O) groups excluding carboxylic acids is 1. The first-order chi connectivity index (χ1) is 6.06. The van der Waals surface area contributed by atoms with E-state index in [1.54, 1.807) is 13.0 Å². The number of hydrogen-bond donors (Lipinski definition) is 1. The molecule has 72 valence electrons. The summed E-state index contributed by atoms with van der Waals surface area (Å²) in [6.07, 6.45) is 8.31. The maximum absolute atomic E-state index is 11.2. The van der Waals surface area contributed by atoms with Gasteiger partial charge in [0.15, 0.2) is 0 Å². The number of Topliss-reactive ketones (excluding diaryl/α,β-unsaturated/α-hetero) is 1. The van der Waals surface area contributed by atoms with Gasteiger partial charge in [0.05, 0.1) is 5.60 Å². The molecule has 0 saturated heterocycles. The lowest BCUT2D eigenvalue weighted by molar-refractivity contribution is -0.120. The van der Waals surface area contributed by atoms with Crippen molar-refractivity contribution in [2.75, 3.05) is 0 Å². The zero-order chi connectivity index (χ0) is 9.90. The van der Waals surface area contributed by atoms with Crippen molar-refractivity contribution in [3.63, 3.8) is 0 Å². The van der Waals surface area contributed by atoms with Gasteiger partial charge in [-0.05, 0) is 6.92 Å². The van der Waals surface area contributed by atoms with Crippen LogP contribution in [0.2, 0.25) is 0 Å². The van der Waals surface area contributed by atoms with Gasteiger partial charge in [0.1, 0.15) is 5.78 Å². The molecule has 0 radical (unpaired) electrons. The van der Waals surface area contributed by atoms with Crippen LogP contribution in [0.1, 0.15) is 26.7 Å². The Balaban J connectivity index is 2.64. The van der Waals surface area contributed by atoms with Crippen molar-refractivity contribution in [2.45, 2.75) is 32.3 Å². The smallest absolute Gasteiger partial charge is 0.133 e. The van der Waals surface area contributed by atoms with E-state index in [2.05, 4.69) is 0 Å². The first kappa shape index (κ1) is 10.2. The molecule has 2 unspecified atom stereocenters. The molecule has 2 atom stereocenters. The van der Waals surface area contributed by atoms with E-state index in [-0.39, 0.29) is 11.7 Å². The summed E-state index contributed by atoms with van der Waals surface area (Å²) in [5.41, 5.74) is -0.862. The van der Waals surface area contributed by atoms with Gasteiger partial charge in [0, 0.05) is 18.8 Å². The standard InChI is InChI=1S/C11H16O2/c1-3-10(12)8-9-6-4-5-7-11(9,2)13/h4-7,9,13H,3,8H2,1-2H3. The Morgan fingerprint density at radius 3 is 2.77 bits per heavy atom. The third-order valence-electron chi connectivity index (χ3n) is 2.48. The molecular weight excluding hydrogens is 164 g/mol. The highest BCUT2D eigenvalue weighted by Crippen LogP contribution is 2.27. The van der Waals surface area contributed by atoms with E-state index in [1.807, 2.05) is 25.2 Å². The lowest BCUT2D eigenvalue weighted by atomic mass is 9.82. The van der Waals surface area contributed by atoms with Crippen molar-refractivity contribution < 1.29 is 9.90 Å². The molecule has 0 aromatic carbocycles. The number of aliphatic hydroxyl groups is 1. The summed E-state index contributed by atoms with van der Waals surface area (Å²) < 4.78 is 0. The first-order valence-corrected chi connectivity index (χ1v) is 4.66. The van der Waals surface area contributed by atoms with Crippen molar-refractivity contribution in [2.24, 2.45) is 5.92 Å². The average Bonchev–Trinajstić information content (AvgIpc) is 2.08. The van der Waals surface area contributed by atoms with Crippen LogP contribution in [-0.2, 0) is 4.79 Å². The Bertz CT molecular complexity index is 249. The quantitative estimate of drug-likeness (QED) is 0.719. The van der Waals surface area contributed by atoms with Gasteiger partial charge in [-0.15, -0.1) is 0 Å². The minimum absolute atomic E-state index is 0.0649. The number of allylic oxidation sites excluding steroid dienone is 2. The molecule has 0 saturated carbocycles. The molecule has 0 aromatic heterocycles. The second kappa shape index (κ2) is 3.88. The second-order valence-electron chi connectivity index (χ2n) is 3.67. The Kier molecular flexibility index (Phi) is 3.04. The van der Waals surface area contributed by atoms with Crippen molar-refractivity contribution in [1.82, 2.24) is 0 Å². The van der Waals surface area contributed by atoms with Gasteiger partial charge in [-0.2, -0.15) is 0 Å². The molecule has 0 fully saturated rings. The molecule has 0 spiro atoms. The molecule has 13 heavy (non-hydrogen) atoms. The largest absolute Gasteiger partial charge is 0.385 e. The van der Waals surface area contributed by atoms with E-state index in [1.165, 1.54) is 0 Å². The van der Waals surface area contributed by atoms with Crippen LogP contribution in [0, 0.1) is 5.92 Å². The fourth-order valence-corrected chi connectivity index (χ4v) is 1.43. The predicted octanol–water partition coefficient (Wildman–Crippen LogP) is 1.85. The van der Waals surface area contributed by atoms with Gasteiger partial charge in [0.25, 0.3) is 0 Å². The number of hydrogen-bond acceptors (Lipinski definition) is 2. The van der Waals surface area contributed by atoms with Crippen LogP contribution in [-0.4, -0.2) is 16.5 Å². The van der Waals surface area contributed by atoms with Crippen LogP contribution in [0.25, 0.3) is 0 Å². The maximum Gasteiger partial charge on any atom is 0.133 e. The summed E-state index contributed by atoms with van der Waals surface area (Å²) in [7, 11) is 0. The van der Waals surface area contributed by atoms with E-state index >= 15 is 0 Å². The maximum atomic E-state index is 11.2. The van der Waals surface area contributed by atoms with Gasteiger partial charge in [-0.3, -0.25) is 4.79 Å². The monoisotopic (exact) mass is 180 g/mol. The molecule has 2 heteroatoms. The Labute approximate surface area is 79.0 Å². The lowest BCUT2D eigenvalue weighted by Gasteiger charge is -2.29. The third kappa shape index (κ3) is 2.52. The highest BCUT2D eigenvalue weighted by Gasteiger charge is 2.29. The fraction of sp³-hybridized carbons (Fsp3) is 0.545. The van der Waals surface area contributed by atoms with Gasteiger partial charge in [-0.25, -0.2) is 0 Å². The zero-order valence-electron chi connectivity index (χ0n) is 8.16. The topological polar surface area (TPSA) is 37.3 Å². The lowest BCUT2D eigenvalue weighted by Crippen LogP contribution is -2.33. The summed E-state index contributed by atoms with van der Waals surface area (Å²) in [5, 5.41) is 9.89. The summed E-state index contributed by atoms with van der Waals surface area (Å²) in [5.74, 6) is 0.134. The molecule has 0 heterocycles. The highest BCUT2D eigenvalue weighted by atomic mass is 16.3. The van der Waals surface area contributed by atoms with E-state index < -0.39 is 5.60 Å². The normalized spacial score (nSPS) is 32.1. The minimum atomic E-state index is -0.862. The third-order valence-corrected chi connectivity index (χ3v) is 2.48. The van der Waals surface area contributed by atoms with E-state index in [0.29, 0.717) is 12.8 Å². The summed E-state index contributed by atoms with van der Waals surface area (Å²) >= 11 is 0. The van der Waals surface area contributed by atoms with Crippen molar-refractivity contribution in [3.05, 3.63) is 24.3 Å². The van der Waals surface area contributed by atoms with Crippen LogP contribution in [0.5, 0.6) is 0 Å². The van der Waals surface area contributed by atoms with Crippen LogP contribution in [0.4, 0.5) is 0 Å². The molecule has 0 bridgehead atoms. The summed E-state index contributed by atoms with van der Waals surface area (Å²) in [6.45, 7) is 3.58. The molecule has 0 amide bonds. The van der Waals surface area contributed by atoms with Gasteiger partial charge in [0.2, 0.25) is 0 Å². The molecule has 2 nitrogen and oxygen atoms in total. The molecule has 1 N–H and O–H groups in total. The van der Waals surface area contributed by atoms with E-state index in [4.69, 9.17) is 0 Å². The van der Waals surface area contributed by atoms with Crippen LogP contribution in [0.15, 0.2) is 24.3 Å². The average molecular weight is 180 g/mol. The predicted molar refractivity (Wildman–Crippen MR) is 52.3 cm³/mol. The number of rotatable bonds is 3. The van der Waals surface area contributed by atoms with Crippen molar-refractivity contribution in [3.8, 4) is 0 Å². The van der Waals surface area contributed by atoms with Crippen LogP contribution >= 0.6 is 0 Å². The molecule has 1 aliphatic carbocycles. The molecule has 0 aromatic rings. The number of ketones is 1. The van der Waals surface area contributed by atoms with Gasteiger partial charge >= 0.3 is 0 Å². The summed E-state index contributed by atoms with van der Waals surface area (Å²) in [6, 6.07) is 0. The number of carbonyl (C=O) groups is 1. The SMILES string of the molecule is CCC(=O)CC1C=CC=CC1(C)O. The Morgan fingerprint density at radius 1 is 1.54 bits per heavy atom. The minimum Gasteiger partial charge on any atom is -0.385 e.